The molecule has 0 heterocycles. The zero-order chi connectivity index (χ0) is 10.7. The van der Waals surface area contributed by atoms with Crippen molar-refractivity contribution in [2.75, 3.05) is 0 Å². The third-order valence-electron chi connectivity index (χ3n) is 4.59. The fourth-order valence-corrected chi connectivity index (χ4v) is 3.07. The van der Waals surface area contributed by atoms with Crippen LogP contribution in [0.25, 0.3) is 0 Å². The van der Waals surface area contributed by atoms with Crippen molar-refractivity contribution >= 4 is 0 Å². The molecule has 1 aromatic carbocycles. The van der Waals surface area contributed by atoms with E-state index in [1.807, 2.05) is 0 Å². The molecule has 0 aromatic heterocycles. The third-order valence-corrected chi connectivity index (χ3v) is 4.59. The summed E-state index contributed by atoms with van der Waals surface area (Å²) in [6.07, 6.45) is 8.66. The molecule has 0 aliphatic heterocycles. The lowest BCUT2D eigenvalue weighted by Crippen LogP contribution is -1.96. The standard InChI is InChI=1S/C16H20/c1-10-15(12-4-5-12)8-14(11-2-3-11)9-16(10)13-6-7-13/h8-9,11-13H,2-7H2,1H3. The average molecular weight is 212 g/mol. The molecule has 4 rings (SSSR count). The summed E-state index contributed by atoms with van der Waals surface area (Å²) >= 11 is 0. The van der Waals surface area contributed by atoms with E-state index in [2.05, 4.69) is 19.1 Å². The Kier molecular flexibility index (Phi) is 1.81. The Morgan fingerprint density at radius 3 is 1.56 bits per heavy atom. The molecular formula is C16H20. The predicted octanol–water partition coefficient (Wildman–Crippen LogP) is 4.63. The first-order valence-electron chi connectivity index (χ1n) is 6.97. The van der Waals surface area contributed by atoms with Crippen molar-refractivity contribution in [2.45, 2.75) is 63.2 Å². The maximum absolute atomic E-state index is 2.55. The van der Waals surface area contributed by atoms with Crippen molar-refractivity contribution in [3.63, 3.8) is 0 Å². The van der Waals surface area contributed by atoms with Crippen LogP contribution in [0.4, 0.5) is 0 Å². The second kappa shape index (κ2) is 3.12. The highest BCUT2D eigenvalue weighted by atomic mass is 14.4. The van der Waals surface area contributed by atoms with Gasteiger partial charge in [0.15, 0.2) is 0 Å². The first-order chi connectivity index (χ1) is 7.83. The molecule has 0 heteroatoms. The summed E-state index contributed by atoms with van der Waals surface area (Å²) in [5.74, 6) is 2.78. The van der Waals surface area contributed by atoms with Gasteiger partial charge in [0.1, 0.15) is 0 Å². The van der Waals surface area contributed by atoms with E-state index in [1.54, 1.807) is 22.3 Å². The molecule has 0 radical (unpaired) electrons. The van der Waals surface area contributed by atoms with Crippen LogP contribution in [0.3, 0.4) is 0 Å². The lowest BCUT2D eigenvalue weighted by molar-refractivity contribution is 0.996. The van der Waals surface area contributed by atoms with Crippen molar-refractivity contribution < 1.29 is 0 Å². The highest BCUT2D eigenvalue weighted by molar-refractivity contribution is 5.46. The molecule has 0 atom stereocenters. The van der Waals surface area contributed by atoms with E-state index in [-0.39, 0.29) is 0 Å². The smallest absolute Gasteiger partial charge is 0.0159 e. The van der Waals surface area contributed by atoms with E-state index in [1.165, 1.54) is 38.5 Å². The average Bonchev–Trinajstić information content (AvgIpc) is 3.16. The van der Waals surface area contributed by atoms with Gasteiger partial charge in [-0.2, -0.15) is 0 Å². The number of rotatable bonds is 3. The normalized spacial score (nSPS) is 24.8. The van der Waals surface area contributed by atoms with Gasteiger partial charge < -0.3 is 0 Å². The molecule has 0 N–H and O–H groups in total. The molecule has 0 bridgehead atoms. The second-order valence-corrected chi connectivity index (χ2v) is 6.15. The Balaban J connectivity index is 1.83. The van der Waals surface area contributed by atoms with Gasteiger partial charge in [-0.15, -0.1) is 0 Å². The van der Waals surface area contributed by atoms with Crippen LogP contribution in [-0.4, -0.2) is 0 Å². The maximum Gasteiger partial charge on any atom is -0.0159 e. The molecule has 0 nitrogen and oxygen atoms in total. The van der Waals surface area contributed by atoms with Crippen molar-refractivity contribution in [1.82, 2.24) is 0 Å². The van der Waals surface area contributed by atoms with Crippen LogP contribution in [0.2, 0.25) is 0 Å². The fourth-order valence-electron chi connectivity index (χ4n) is 3.07. The third kappa shape index (κ3) is 1.50. The maximum atomic E-state index is 2.55. The minimum absolute atomic E-state index is 0.926. The van der Waals surface area contributed by atoms with E-state index in [9.17, 15) is 0 Å². The predicted molar refractivity (Wildman–Crippen MR) is 67.1 cm³/mol. The van der Waals surface area contributed by atoms with Crippen LogP contribution in [0.5, 0.6) is 0 Å². The molecule has 0 spiro atoms. The van der Waals surface area contributed by atoms with Gasteiger partial charge in [-0.1, -0.05) is 12.1 Å². The topological polar surface area (TPSA) is 0 Å². The molecule has 3 aliphatic rings. The lowest BCUT2D eigenvalue weighted by atomic mass is 9.92. The Labute approximate surface area is 98.1 Å². The fraction of sp³-hybridized carbons (Fsp3) is 0.625. The summed E-state index contributed by atoms with van der Waals surface area (Å²) in [6.45, 7) is 2.37. The quantitative estimate of drug-likeness (QED) is 0.685. The van der Waals surface area contributed by atoms with Crippen LogP contribution in [0, 0.1) is 6.92 Å². The minimum Gasteiger partial charge on any atom is -0.0550 e. The number of hydrogen-bond donors (Lipinski definition) is 0. The van der Waals surface area contributed by atoms with Gasteiger partial charge >= 0.3 is 0 Å². The molecule has 1 aromatic rings. The Bertz CT molecular complexity index is 398. The summed E-state index contributed by atoms with van der Waals surface area (Å²) in [7, 11) is 0. The molecule has 3 fully saturated rings. The molecule has 3 aliphatic carbocycles. The first-order valence-corrected chi connectivity index (χ1v) is 6.97. The van der Waals surface area contributed by atoms with Gasteiger partial charge in [-0.3, -0.25) is 0 Å². The molecular weight excluding hydrogens is 192 g/mol. The Hall–Kier alpha value is -0.780. The Morgan fingerprint density at radius 1 is 0.750 bits per heavy atom. The van der Waals surface area contributed by atoms with E-state index in [0.717, 1.165) is 17.8 Å². The van der Waals surface area contributed by atoms with Gasteiger partial charge in [-0.25, -0.2) is 0 Å². The van der Waals surface area contributed by atoms with Crippen LogP contribution < -0.4 is 0 Å². The number of benzene rings is 1. The highest BCUT2D eigenvalue weighted by Gasteiger charge is 2.33. The summed E-state index contributed by atoms with van der Waals surface area (Å²) < 4.78 is 0. The van der Waals surface area contributed by atoms with Gasteiger partial charge in [0.2, 0.25) is 0 Å². The first kappa shape index (κ1) is 9.27. The van der Waals surface area contributed by atoms with Crippen LogP contribution >= 0.6 is 0 Å². The largest absolute Gasteiger partial charge is 0.0550 e. The van der Waals surface area contributed by atoms with Gasteiger partial charge in [-0.05, 0) is 85.5 Å². The second-order valence-electron chi connectivity index (χ2n) is 6.15. The van der Waals surface area contributed by atoms with Crippen LogP contribution in [0.15, 0.2) is 12.1 Å². The van der Waals surface area contributed by atoms with Gasteiger partial charge in [0.05, 0.1) is 0 Å². The van der Waals surface area contributed by atoms with Crippen LogP contribution in [0.1, 0.15) is 78.5 Å². The summed E-state index contributed by atoms with van der Waals surface area (Å²) in [6, 6.07) is 5.10. The molecule has 3 saturated carbocycles. The number of hydrogen-bond acceptors (Lipinski definition) is 0. The Morgan fingerprint density at radius 2 is 1.19 bits per heavy atom. The van der Waals surface area contributed by atoms with Crippen molar-refractivity contribution in [2.24, 2.45) is 0 Å². The highest BCUT2D eigenvalue weighted by Crippen LogP contribution is 2.50. The summed E-state index contributed by atoms with van der Waals surface area (Å²) in [5.41, 5.74) is 6.75. The van der Waals surface area contributed by atoms with Gasteiger partial charge in [0.25, 0.3) is 0 Å². The summed E-state index contributed by atoms with van der Waals surface area (Å²) in [5, 5.41) is 0. The lowest BCUT2D eigenvalue weighted by Gasteiger charge is -2.13. The SMILES string of the molecule is Cc1c(C2CC2)cc(C2CC2)cc1C1CC1. The summed E-state index contributed by atoms with van der Waals surface area (Å²) in [4.78, 5) is 0. The van der Waals surface area contributed by atoms with E-state index < -0.39 is 0 Å². The van der Waals surface area contributed by atoms with E-state index >= 15 is 0 Å². The zero-order valence-corrected chi connectivity index (χ0v) is 10.1. The minimum atomic E-state index is 0.926. The molecule has 0 unspecified atom stereocenters. The van der Waals surface area contributed by atoms with Crippen molar-refractivity contribution in [3.8, 4) is 0 Å². The van der Waals surface area contributed by atoms with Crippen LogP contribution in [-0.2, 0) is 0 Å². The van der Waals surface area contributed by atoms with Crippen molar-refractivity contribution in [3.05, 3.63) is 34.4 Å². The van der Waals surface area contributed by atoms with Crippen molar-refractivity contribution in [1.29, 1.82) is 0 Å². The monoisotopic (exact) mass is 212 g/mol. The molecule has 84 valence electrons. The van der Waals surface area contributed by atoms with Gasteiger partial charge in [0, 0.05) is 0 Å². The van der Waals surface area contributed by atoms with E-state index in [4.69, 9.17) is 0 Å². The zero-order valence-electron chi connectivity index (χ0n) is 10.1. The van der Waals surface area contributed by atoms with E-state index in [0.29, 0.717) is 0 Å². The molecule has 0 saturated heterocycles. The molecule has 0 amide bonds. The molecule has 16 heavy (non-hydrogen) atoms.